The molecule has 10 nitrogen and oxygen atoms in total. The third-order valence-electron chi connectivity index (χ3n) is 9.17. The number of halogens is 2. The Labute approximate surface area is 286 Å². The Balaban J connectivity index is 1.16. The number of aliphatic hydroxyl groups excluding tert-OH is 1. The molecular weight excluding hydrogens is 653 g/mol. The number of hydrogen-bond donors (Lipinski definition) is 2. The highest BCUT2D eigenvalue weighted by molar-refractivity contribution is 6.39. The molecule has 0 radical (unpaired) electrons. The van der Waals surface area contributed by atoms with Crippen molar-refractivity contribution in [2.45, 2.75) is 13.1 Å². The van der Waals surface area contributed by atoms with Gasteiger partial charge in [-0.15, -0.1) is 0 Å². The van der Waals surface area contributed by atoms with Gasteiger partial charge in [-0.05, 0) is 23.8 Å². The van der Waals surface area contributed by atoms with E-state index in [9.17, 15) is 14.7 Å². The zero-order valence-electron chi connectivity index (χ0n) is 26.1. The normalized spacial score (nSPS) is 15.8. The lowest BCUT2D eigenvalue weighted by Gasteiger charge is -2.38. The van der Waals surface area contributed by atoms with Crippen LogP contribution in [-0.2, 0) is 17.9 Å². The molecule has 0 aliphatic carbocycles. The summed E-state index contributed by atoms with van der Waals surface area (Å²) in [4.78, 5) is 37.9. The minimum atomic E-state index is -0.815. The van der Waals surface area contributed by atoms with Gasteiger partial charge in [0.05, 0.1) is 34.3 Å². The van der Waals surface area contributed by atoms with E-state index >= 15 is 0 Å². The van der Waals surface area contributed by atoms with E-state index in [2.05, 4.69) is 9.88 Å². The van der Waals surface area contributed by atoms with E-state index < -0.39 is 11.9 Å². The Morgan fingerprint density at radius 2 is 1.54 bits per heavy atom. The van der Waals surface area contributed by atoms with Crippen molar-refractivity contribution in [1.29, 1.82) is 0 Å². The van der Waals surface area contributed by atoms with Gasteiger partial charge in [0.2, 0.25) is 5.88 Å². The number of nitrogens with zero attached hydrogens (tertiary/aromatic N) is 5. The SMILES string of the molecule is COc1nc(-c2cccc(-c3cccc(-c4ccn5c(=O)c(CN6CC(C(=O)O)C6)cnc5c4)c3Cl)c2Cl)ccc1CN1CC(CO)C1. The summed E-state index contributed by atoms with van der Waals surface area (Å²) < 4.78 is 7.14. The Kier molecular flexibility index (Phi) is 8.93. The van der Waals surface area contributed by atoms with Gasteiger partial charge in [0.15, 0.2) is 0 Å². The molecule has 0 atom stereocenters. The molecule has 48 heavy (non-hydrogen) atoms. The average molecular weight is 687 g/mol. The second-order valence-electron chi connectivity index (χ2n) is 12.4. The minimum absolute atomic E-state index is 0.192. The van der Waals surface area contributed by atoms with Gasteiger partial charge < -0.3 is 14.9 Å². The third kappa shape index (κ3) is 6.06. The molecular formula is C36H33Cl2N5O5. The molecule has 12 heteroatoms. The number of carboxylic acids is 1. The van der Waals surface area contributed by atoms with E-state index in [0.717, 1.165) is 46.5 Å². The van der Waals surface area contributed by atoms with Crippen LogP contribution >= 0.6 is 23.2 Å². The fourth-order valence-corrected chi connectivity index (χ4v) is 7.13. The third-order valence-corrected chi connectivity index (χ3v) is 9.99. The maximum atomic E-state index is 13.2. The van der Waals surface area contributed by atoms with Crippen LogP contribution in [0.25, 0.3) is 39.2 Å². The number of aliphatic carboxylic acids is 1. The summed E-state index contributed by atoms with van der Waals surface area (Å²) in [5, 5.41) is 19.5. The fourth-order valence-electron chi connectivity index (χ4n) is 6.46. The predicted molar refractivity (Wildman–Crippen MR) is 184 cm³/mol. The number of carbonyl (C=O) groups is 1. The molecule has 2 fully saturated rings. The van der Waals surface area contributed by atoms with Gasteiger partial charge in [0.1, 0.15) is 5.65 Å². The number of rotatable bonds is 10. The van der Waals surface area contributed by atoms with Crippen LogP contribution in [0.3, 0.4) is 0 Å². The van der Waals surface area contributed by atoms with Crippen LogP contribution in [0.5, 0.6) is 5.88 Å². The molecule has 2 aliphatic heterocycles. The van der Waals surface area contributed by atoms with Gasteiger partial charge in [-0.25, -0.2) is 9.97 Å². The van der Waals surface area contributed by atoms with Crippen LogP contribution in [0.2, 0.25) is 10.0 Å². The van der Waals surface area contributed by atoms with Crippen molar-refractivity contribution in [2.75, 3.05) is 39.9 Å². The number of fused-ring (bicyclic) bond motifs is 1. The maximum Gasteiger partial charge on any atom is 0.309 e. The Morgan fingerprint density at radius 3 is 2.23 bits per heavy atom. The van der Waals surface area contributed by atoms with E-state index in [4.69, 9.17) is 38.0 Å². The second-order valence-corrected chi connectivity index (χ2v) is 13.2. The van der Waals surface area contributed by atoms with Crippen molar-refractivity contribution in [1.82, 2.24) is 24.2 Å². The molecule has 3 aromatic heterocycles. The number of hydrogen-bond acceptors (Lipinski definition) is 8. The van der Waals surface area contributed by atoms with Crippen molar-refractivity contribution >= 4 is 34.8 Å². The average Bonchev–Trinajstić information content (AvgIpc) is 3.05. The van der Waals surface area contributed by atoms with Crippen molar-refractivity contribution in [3.8, 4) is 39.4 Å². The summed E-state index contributed by atoms with van der Waals surface area (Å²) in [6.45, 7) is 3.78. The van der Waals surface area contributed by atoms with Gasteiger partial charge in [0.25, 0.3) is 5.56 Å². The van der Waals surface area contributed by atoms with Crippen molar-refractivity contribution in [2.24, 2.45) is 11.8 Å². The largest absolute Gasteiger partial charge is 0.481 e. The number of aliphatic hydroxyl groups is 1. The summed E-state index contributed by atoms with van der Waals surface area (Å²) >= 11 is 14.1. The molecule has 2 aromatic carbocycles. The maximum absolute atomic E-state index is 13.2. The molecule has 2 saturated heterocycles. The highest BCUT2D eigenvalue weighted by Crippen LogP contribution is 2.42. The van der Waals surface area contributed by atoms with Crippen LogP contribution in [0.4, 0.5) is 0 Å². The Bertz CT molecular complexity index is 2090. The van der Waals surface area contributed by atoms with Crippen LogP contribution in [-0.4, -0.2) is 80.2 Å². The van der Waals surface area contributed by atoms with Crippen LogP contribution in [0.15, 0.2) is 77.9 Å². The first-order valence-corrected chi connectivity index (χ1v) is 16.4. The standard InChI is InChI=1S/C36H33Cl2N5O5/c1-48-34-23(16-41-14-21(15-41)20-44)8-9-30(40-34)29-7-3-6-28(33(29)38)27-5-2-4-26(32(27)37)22-10-11-43-31(12-22)39-13-24(35(43)45)17-42-18-25(19-42)36(46)47/h2-13,21,25,44H,14-20H2,1H3,(H,46,47). The van der Waals surface area contributed by atoms with Crippen molar-refractivity contribution < 1.29 is 19.7 Å². The van der Waals surface area contributed by atoms with Gasteiger partial charge >= 0.3 is 5.97 Å². The molecule has 0 bridgehead atoms. The molecule has 0 spiro atoms. The summed E-state index contributed by atoms with van der Waals surface area (Å²) in [5.74, 6) is -0.353. The number of likely N-dealkylation sites (tertiary alicyclic amines) is 2. The zero-order valence-corrected chi connectivity index (χ0v) is 27.7. The van der Waals surface area contributed by atoms with Gasteiger partial charge in [-0.3, -0.25) is 23.8 Å². The van der Waals surface area contributed by atoms with E-state index in [1.807, 2.05) is 65.6 Å². The molecule has 0 saturated carbocycles. The molecule has 0 amide bonds. The molecule has 5 aromatic rings. The summed E-state index contributed by atoms with van der Waals surface area (Å²) in [6.07, 6.45) is 3.25. The fraction of sp³-hybridized carbons (Fsp3) is 0.278. The summed E-state index contributed by atoms with van der Waals surface area (Å²) in [6, 6.07) is 19.1. The first kappa shape index (κ1) is 32.2. The van der Waals surface area contributed by atoms with Crippen LogP contribution < -0.4 is 10.3 Å². The van der Waals surface area contributed by atoms with E-state index in [1.54, 1.807) is 19.5 Å². The van der Waals surface area contributed by atoms with E-state index in [-0.39, 0.29) is 12.2 Å². The Morgan fingerprint density at radius 1 is 0.896 bits per heavy atom. The van der Waals surface area contributed by atoms with Crippen molar-refractivity contribution in [3.63, 3.8) is 0 Å². The number of methoxy groups -OCH3 is 1. The van der Waals surface area contributed by atoms with Crippen molar-refractivity contribution in [3.05, 3.63) is 105 Å². The first-order valence-electron chi connectivity index (χ1n) is 15.6. The molecule has 7 rings (SSSR count). The lowest BCUT2D eigenvalue weighted by Crippen LogP contribution is -2.50. The molecule has 2 N–H and O–H groups in total. The summed E-state index contributed by atoms with van der Waals surface area (Å²) in [5.41, 5.74) is 6.21. The monoisotopic (exact) mass is 685 g/mol. The topological polar surface area (TPSA) is 120 Å². The molecule has 5 heterocycles. The van der Waals surface area contributed by atoms with Crippen LogP contribution in [0, 0.1) is 11.8 Å². The highest BCUT2D eigenvalue weighted by atomic mass is 35.5. The zero-order chi connectivity index (χ0) is 33.5. The van der Waals surface area contributed by atoms with E-state index in [0.29, 0.717) is 64.9 Å². The smallest absolute Gasteiger partial charge is 0.309 e. The number of carboxylic acid groups (broad SMARTS) is 1. The molecule has 0 unspecified atom stereocenters. The Hall–Kier alpha value is -4.32. The highest BCUT2D eigenvalue weighted by Gasteiger charge is 2.33. The van der Waals surface area contributed by atoms with Gasteiger partial charge in [0, 0.05) is 92.0 Å². The minimum Gasteiger partial charge on any atom is -0.481 e. The van der Waals surface area contributed by atoms with Gasteiger partial charge in [-0.2, -0.15) is 0 Å². The number of pyridine rings is 2. The van der Waals surface area contributed by atoms with Crippen LogP contribution in [0.1, 0.15) is 11.1 Å². The molecule has 2 aliphatic rings. The lowest BCUT2D eigenvalue weighted by atomic mass is 9.97. The number of aromatic nitrogens is 3. The number of benzene rings is 2. The van der Waals surface area contributed by atoms with Gasteiger partial charge in [-0.1, -0.05) is 65.7 Å². The quantitative estimate of drug-likeness (QED) is 0.201. The number of ether oxygens (including phenoxy) is 1. The van der Waals surface area contributed by atoms with E-state index in [1.165, 1.54) is 4.40 Å². The first-order chi connectivity index (χ1) is 23.2. The summed E-state index contributed by atoms with van der Waals surface area (Å²) in [7, 11) is 1.61. The lowest BCUT2D eigenvalue weighted by molar-refractivity contribution is -0.147. The second kappa shape index (κ2) is 13.3. The predicted octanol–water partition coefficient (Wildman–Crippen LogP) is 5.35. The molecule has 246 valence electrons.